The Balaban J connectivity index is 1.41. The van der Waals surface area contributed by atoms with Crippen LogP contribution in [0.5, 0.6) is 5.88 Å². The average Bonchev–Trinajstić information content (AvgIpc) is 2.81. The van der Waals surface area contributed by atoms with Crippen molar-refractivity contribution in [3.8, 4) is 5.88 Å². The first-order chi connectivity index (χ1) is 15.4. The lowest BCUT2D eigenvalue weighted by Crippen LogP contribution is -2.44. The SMILES string of the molecule is O=C(C(c1ccccc1)c1ccccc1)N1CCC(Oc2ccc(C(F)(F)F)cn2)CC1. The predicted octanol–water partition coefficient (Wildman–Crippen LogP) is 5.30. The van der Waals surface area contributed by atoms with Crippen molar-refractivity contribution in [2.45, 2.75) is 31.0 Å². The third-order valence-electron chi connectivity index (χ3n) is 5.62. The van der Waals surface area contributed by atoms with E-state index in [-0.39, 0.29) is 23.8 Å². The Morgan fingerprint density at radius 3 is 1.94 bits per heavy atom. The maximum atomic E-state index is 13.5. The quantitative estimate of drug-likeness (QED) is 0.541. The summed E-state index contributed by atoms with van der Waals surface area (Å²) in [5, 5.41) is 0. The molecule has 1 aromatic heterocycles. The fraction of sp³-hybridized carbons (Fsp3) is 0.280. The minimum Gasteiger partial charge on any atom is -0.474 e. The van der Waals surface area contributed by atoms with Crippen LogP contribution in [0.15, 0.2) is 79.0 Å². The number of alkyl halides is 3. The van der Waals surface area contributed by atoms with Gasteiger partial charge in [0.15, 0.2) is 0 Å². The predicted molar refractivity (Wildman–Crippen MR) is 114 cm³/mol. The van der Waals surface area contributed by atoms with Gasteiger partial charge in [-0.3, -0.25) is 4.79 Å². The van der Waals surface area contributed by atoms with Crippen LogP contribution in [0.3, 0.4) is 0 Å². The Labute approximate surface area is 184 Å². The van der Waals surface area contributed by atoms with Crippen LogP contribution in [0.4, 0.5) is 13.2 Å². The molecule has 2 heterocycles. The van der Waals surface area contributed by atoms with E-state index in [0.29, 0.717) is 25.9 Å². The molecule has 4 nitrogen and oxygen atoms in total. The van der Waals surface area contributed by atoms with Crippen LogP contribution in [-0.2, 0) is 11.0 Å². The van der Waals surface area contributed by atoms with Gasteiger partial charge in [-0.25, -0.2) is 4.98 Å². The van der Waals surface area contributed by atoms with E-state index >= 15 is 0 Å². The number of nitrogens with zero attached hydrogens (tertiary/aromatic N) is 2. The molecule has 1 fully saturated rings. The highest BCUT2D eigenvalue weighted by atomic mass is 19.4. The lowest BCUT2D eigenvalue weighted by atomic mass is 9.89. The number of piperidine rings is 1. The summed E-state index contributed by atoms with van der Waals surface area (Å²) in [6, 6.07) is 21.6. The molecule has 1 amide bonds. The van der Waals surface area contributed by atoms with E-state index in [0.717, 1.165) is 23.4 Å². The average molecular weight is 440 g/mol. The Hall–Kier alpha value is -3.35. The molecule has 1 aliphatic rings. The number of hydrogen-bond donors (Lipinski definition) is 0. The standard InChI is InChI=1S/C25H23F3N2O2/c26-25(27,28)20-11-12-22(29-17-20)32-21-13-15-30(16-14-21)24(31)23(18-7-3-1-4-8-18)19-9-5-2-6-10-19/h1-12,17,21,23H,13-16H2. The molecule has 3 aromatic rings. The minimum absolute atomic E-state index is 0.0357. The first-order valence-electron chi connectivity index (χ1n) is 10.5. The van der Waals surface area contributed by atoms with E-state index in [1.54, 1.807) is 0 Å². The number of carbonyl (C=O) groups is 1. The summed E-state index contributed by atoms with van der Waals surface area (Å²) in [6.45, 7) is 1.03. The summed E-state index contributed by atoms with van der Waals surface area (Å²) >= 11 is 0. The molecule has 0 radical (unpaired) electrons. The first kappa shape index (κ1) is 21.9. The molecule has 32 heavy (non-hydrogen) atoms. The van der Waals surface area contributed by atoms with Gasteiger partial charge >= 0.3 is 6.18 Å². The molecular formula is C25H23F3N2O2. The van der Waals surface area contributed by atoms with Gasteiger partial charge in [0.2, 0.25) is 11.8 Å². The summed E-state index contributed by atoms with van der Waals surface area (Å²) in [4.78, 5) is 19.1. The Morgan fingerprint density at radius 2 is 1.47 bits per heavy atom. The first-order valence-corrected chi connectivity index (χ1v) is 10.5. The minimum atomic E-state index is -4.43. The third kappa shape index (κ3) is 5.10. The molecule has 0 aliphatic carbocycles. The molecule has 1 saturated heterocycles. The van der Waals surface area contributed by atoms with Gasteiger partial charge in [-0.1, -0.05) is 60.7 Å². The normalized spacial score (nSPS) is 15.1. The number of amides is 1. The molecule has 0 saturated carbocycles. The van der Waals surface area contributed by atoms with Crippen molar-refractivity contribution >= 4 is 5.91 Å². The molecule has 166 valence electrons. The van der Waals surface area contributed by atoms with Gasteiger partial charge in [-0.2, -0.15) is 13.2 Å². The van der Waals surface area contributed by atoms with Crippen LogP contribution >= 0.6 is 0 Å². The maximum absolute atomic E-state index is 13.5. The maximum Gasteiger partial charge on any atom is 0.417 e. The Bertz CT molecular complexity index is 977. The fourth-order valence-corrected chi connectivity index (χ4v) is 3.93. The monoisotopic (exact) mass is 440 g/mol. The van der Waals surface area contributed by atoms with Gasteiger partial charge < -0.3 is 9.64 Å². The number of likely N-dealkylation sites (tertiary alicyclic amines) is 1. The van der Waals surface area contributed by atoms with E-state index in [1.807, 2.05) is 65.6 Å². The zero-order valence-corrected chi connectivity index (χ0v) is 17.3. The lowest BCUT2D eigenvalue weighted by molar-refractivity contribution is -0.137. The van der Waals surface area contributed by atoms with Crippen LogP contribution in [0, 0.1) is 0 Å². The Morgan fingerprint density at radius 1 is 0.906 bits per heavy atom. The van der Waals surface area contributed by atoms with Crippen LogP contribution in [-0.4, -0.2) is 35.0 Å². The number of hydrogen-bond acceptors (Lipinski definition) is 3. The number of carbonyl (C=O) groups excluding carboxylic acids is 1. The van der Waals surface area contributed by atoms with E-state index in [2.05, 4.69) is 4.98 Å². The van der Waals surface area contributed by atoms with E-state index in [1.165, 1.54) is 6.07 Å². The summed E-state index contributed by atoms with van der Waals surface area (Å²) in [5.74, 6) is -0.186. The number of ether oxygens (including phenoxy) is 1. The van der Waals surface area contributed by atoms with Crippen molar-refractivity contribution in [3.05, 3.63) is 95.7 Å². The van der Waals surface area contributed by atoms with Crippen molar-refractivity contribution < 1.29 is 22.7 Å². The highest BCUT2D eigenvalue weighted by Gasteiger charge is 2.32. The number of pyridine rings is 1. The second kappa shape index (κ2) is 9.42. The summed E-state index contributed by atoms with van der Waals surface area (Å²) in [5.41, 5.74) is 1.07. The number of halogens is 3. The fourth-order valence-electron chi connectivity index (χ4n) is 3.93. The number of benzene rings is 2. The summed E-state index contributed by atoms with van der Waals surface area (Å²) in [7, 11) is 0. The summed E-state index contributed by atoms with van der Waals surface area (Å²) in [6.07, 6.45) is -2.67. The van der Waals surface area contributed by atoms with Gasteiger partial charge in [-0.15, -0.1) is 0 Å². The van der Waals surface area contributed by atoms with Crippen molar-refractivity contribution in [1.29, 1.82) is 0 Å². The van der Waals surface area contributed by atoms with Crippen LogP contribution in [0.2, 0.25) is 0 Å². The zero-order valence-electron chi connectivity index (χ0n) is 17.3. The molecule has 7 heteroatoms. The molecule has 0 spiro atoms. The second-order valence-corrected chi connectivity index (χ2v) is 7.78. The number of rotatable bonds is 5. The van der Waals surface area contributed by atoms with Gasteiger partial charge in [0, 0.05) is 38.2 Å². The van der Waals surface area contributed by atoms with E-state index in [9.17, 15) is 18.0 Å². The smallest absolute Gasteiger partial charge is 0.417 e. The largest absolute Gasteiger partial charge is 0.474 e. The van der Waals surface area contributed by atoms with Gasteiger partial charge in [0.25, 0.3) is 0 Å². The molecule has 0 N–H and O–H groups in total. The highest BCUT2D eigenvalue weighted by molar-refractivity contribution is 5.87. The molecule has 0 bridgehead atoms. The zero-order chi connectivity index (χ0) is 22.6. The van der Waals surface area contributed by atoms with Gasteiger partial charge in [0.05, 0.1) is 11.5 Å². The lowest BCUT2D eigenvalue weighted by Gasteiger charge is -2.34. The molecule has 0 atom stereocenters. The van der Waals surface area contributed by atoms with Crippen molar-refractivity contribution in [1.82, 2.24) is 9.88 Å². The highest BCUT2D eigenvalue weighted by Crippen LogP contribution is 2.31. The van der Waals surface area contributed by atoms with Crippen molar-refractivity contribution in [3.63, 3.8) is 0 Å². The number of aromatic nitrogens is 1. The van der Waals surface area contributed by atoms with Crippen molar-refractivity contribution in [2.75, 3.05) is 13.1 Å². The van der Waals surface area contributed by atoms with Crippen molar-refractivity contribution in [2.24, 2.45) is 0 Å². The molecule has 0 unspecified atom stereocenters. The van der Waals surface area contributed by atoms with Crippen LogP contribution < -0.4 is 4.74 Å². The Kier molecular flexibility index (Phi) is 6.44. The topological polar surface area (TPSA) is 42.4 Å². The summed E-state index contributed by atoms with van der Waals surface area (Å²) < 4.78 is 43.8. The van der Waals surface area contributed by atoms with Crippen LogP contribution in [0.1, 0.15) is 35.4 Å². The van der Waals surface area contributed by atoms with E-state index < -0.39 is 11.7 Å². The second-order valence-electron chi connectivity index (χ2n) is 7.78. The van der Waals surface area contributed by atoms with E-state index in [4.69, 9.17) is 4.74 Å². The van der Waals surface area contributed by atoms with Gasteiger partial charge in [0.1, 0.15) is 6.10 Å². The molecule has 2 aromatic carbocycles. The molecule has 4 rings (SSSR count). The van der Waals surface area contributed by atoms with Gasteiger partial charge in [-0.05, 0) is 17.2 Å². The van der Waals surface area contributed by atoms with Crippen LogP contribution in [0.25, 0.3) is 0 Å². The molecule has 1 aliphatic heterocycles. The molecular weight excluding hydrogens is 417 g/mol. The third-order valence-corrected chi connectivity index (χ3v) is 5.62.